The minimum Gasteiger partial charge on any atom is -0.355 e. The van der Waals surface area contributed by atoms with E-state index in [-0.39, 0.29) is 11.3 Å². The molecule has 0 fully saturated rings. The molecule has 1 amide bonds. The van der Waals surface area contributed by atoms with E-state index in [4.69, 9.17) is 0 Å². The highest BCUT2D eigenvalue weighted by atomic mass is 32.2. The quantitative estimate of drug-likeness (QED) is 0.754. The van der Waals surface area contributed by atoms with E-state index in [1.165, 1.54) is 11.8 Å². The van der Waals surface area contributed by atoms with Crippen molar-refractivity contribution in [3.63, 3.8) is 0 Å². The molecule has 0 saturated carbocycles. The molecule has 138 valence electrons. The van der Waals surface area contributed by atoms with Crippen LogP contribution in [0.25, 0.3) is 5.78 Å². The number of fused-ring (bicyclic) bond motifs is 1. The molecule has 0 aromatic carbocycles. The van der Waals surface area contributed by atoms with Gasteiger partial charge in [-0.2, -0.15) is 4.98 Å². The molecule has 0 aliphatic rings. The van der Waals surface area contributed by atoms with Crippen LogP contribution in [0.15, 0.2) is 5.16 Å². The smallest absolute Gasteiger partial charge is 0.253 e. The lowest BCUT2D eigenvalue weighted by Gasteiger charge is -2.28. The van der Waals surface area contributed by atoms with Crippen molar-refractivity contribution in [3.8, 4) is 0 Å². The Morgan fingerprint density at radius 2 is 1.96 bits per heavy atom. The third-order valence-electron chi connectivity index (χ3n) is 4.06. The molecule has 2 heterocycles. The second-order valence-corrected chi connectivity index (χ2v) is 8.20. The minimum atomic E-state index is 0.00406. The molecule has 8 heteroatoms. The lowest BCUT2D eigenvalue weighted by atomic mass is 9.93. The van der Waals surface area contributed by atoms with Gasteiger partial charge in [0.1, 0.15) is 0 Å². The Kier molecular flexibility index (Phi) is 6.05. The summed E-state index contributed by atoms with van der Waals surface area (Å²) in [5, 5.41) is 8.16. The third kappa shape index (κ3) is 4.92. The van der Waals surface area contributed by atoms with Crippen LogP contribution in [0.4, 0.5) is 0 Å². The molecular weight excluding hydrogens is 336 g/mol. The number of thioether (sulfide) groups is 1. The summed E-state index contributed by atoms with van der Waals surface area (Å²) in [7, 11) is 4.08. The van der Waals surface area contributed by atoms with Gasteiger partial charge in [0.05, 0.1) is 6.42 Å². The maximum absolute atomic E-state index is 12.4. The zero-order valence-corrected chi connectivity index (χ0v) is 17.0. The number of aryl methyl sites for hydroxylation is 2. The van der Waals surface area contributed by atoms with Crippen molar-refractivity contribution in [1.82, 2.24) is 29.8 Å². The number of carbonyl (C=O) groups is 1. The first-order valence-electron chi connectivity index (χ1n) is 8.31. The van der Waals surface area contributed by atoms with E-state index < -0.39 is 0 Å². The molecule has 0 saturated heterocycles. The first kappa shape index (κ1) is 19.7. The Bertz CT molecular complexity index is 768. The molecule has 2 aromatic rings. The van der Waals surface area contributed by atoms with Crippen molar-refractivity contribution >= 4 is 23.4 Å². The van der Waals surface area contributed by atoms with Gasteiger partial charge in [0, 0.05) is 30.0 Å². The van der Waals surface area contributed by atoms with Gasteiger partial charge in [0.25, 0.3) is 5.78 Å². The van der Waals surface area contributed by atoms with Crippen LogP contribution >= 0.6 is 11.8 Å². The summed E-state index contributed by atoms with van der Waals surface area (Å²) in [5.74, 6) is 0.583. The Morgan fingerprint density at radius 1 is 1.28 bits per heavy atom. The van der Waals surface area contributed by atoms with Crippen LogP contribution < -0.4 is 5.32 Å². The maximum atomic E-state index is 12.4. The molecule has 0 radical (unpaired) electrons. The predicted octanol–water partition coefficient (Wildman–Crippen LogP) is 1.71. The summed E-state index contributed by atoms with van der Waals surface area (Å²) in [4.78, 5) is 23.4. The molecule has 0 spiro atoms. The van der Waals surface area contributed by atoms with Crippen LogP contribution in [0.1, 0.15) is 30.8 Å². The van der Waals surface area contributed by atoms with E-state index in [1.807, 2.05) is 34.2 Å². The third-order valence-corrected chi connectivity index (χ3v) is 4.60. The van der Waals surface area contributed by atoms with Crippen LogP contribution in [0.2, 0.25) is 0 Å². The SMILES string of the molecule is CSc1nc2nc(C)c(CC(=O)NCC(C)(C)CN(C)C)c(C)n2n1. The lowest BCUT2D eigenvalue weighted by molar-refractivity contribution is -0.120. The number of nitrogens with one attached hydrogen (secondary N) is 1. The molecule has 7 nitrogen and oxygen atoms in total. The second kappa shape index (κ2) is 7.70. The van der Waals surface area contributed by atoms with Gasteiger partial charge in [-0.05, 0) is 39.6 Å². The summed E-state index contributed by atoms with van der Waals surface area (Å²) in [6, 6.07) is 0. The number of hydrogen-bond acceptors (Lipinski definition) is 6. The normalized spacial score (nSPS) is 12.2. The standard InChI is InChI=1S/C17H28N6OS/c1-11-13(8-14(24)18-9-17(3,4)10-22(5)6)12(2)23-15(19-11)20-16(21-23)25-7/h8-10H2,1-7H3,(H,18,24). The fourth-order valence-corrected chi connectivity index (χ4v) is 3.34. The van der Waals surface area contributed by atoms with Gasteiger partial charge in [0.2, 0.25) is 11.1 Å². The molecule has 2 rings (SSSR count). The molecule has 1 N–H and O–H groups in total. The summed E-state index contributed by atoms with van der Waals surface area (Å²) in [5.41, 5.74) is 2.67. The molecule has 25 heavy (non-hydrogen) atoms. The van der Waals surface area contributed by atoms with Crippen LogP contribution in [-0.4, -0.2) is 63.8 Å². The van der Waals surface area contributed by atoms with E-state index in [9.17, 15) is 4.79 Å². The second-order valence-electron chi connectivity index (χ2n) is 7.43. The van der Waals surface area contributed by atoms with E-state index in [1.54, 1.807) is 4.52 Å². The molecule has 0 aliphatic carbocycles. The lowest BCUT2D eigenvalue weighted by Crippen LogP contribution is -2.40. The largest absolute Gasteiger partial charge is 0.355 e. The Labute approximate surface area is 153 Å². The van der Waals surface area contributed by atoms with Gasteiger partial charge in [-0.25, -0.2) is 9.50 Å². The fourth-order valence-electron chi connectivity index (χ4n) is 3.01. The van der Waals surface area contributed by atoms with Gasteiger partial charge in [-0.1, -0.05) is 25.6 Å². The summed E-state index contributed by atoms with van der Waals surface area (Å²) in [6.07, 6.45) is 2.23. The van der Waals surface area contributed by atoms with Crippen LogP contribution in [0.5, 0.6) is 0 Å². The zero-order valence-electron chi connectivity index (χ0n) is 16.2. The summed E-state index contributed by atoms with van der Waals surface area (Å²) < 4.78 is 1.72. The molecule has 2 aromatic heterocycles. The average molecular weight is 365 g/mol. The molecule has 0 unspecified atom stereocenters. The average Bonchev–Trinajstić information content (AvgIpc) is 2.91. The number of carbonyl (C=O) groups excluding carboxylic acids is 1. The van der Waals surface area contributed by atoms with Crippen molar-refractivity contribution in [2.75, 3.05) is 33.4 Å². The molecule has 0 bridgehead atoms. The van der Waals surface area contributed by atoms with E-state index in [0.29, 0.717) is 23.9 Å². The first-order valence-corrected chi connectivity index (χ1v) is 9.53. The van der Waals surface area contributed by atoms with Crippen molar-refractivity contribution < 1.29 is 4.79 Å². The maximum Gasteiger partial charge on any atom is 0.253 e. The van der Waals surface area contributed by atoms with E-state index in [2.05, 4.69) is 39.1 Å². The number of aromatic nitrogens is 4. The number of amides is 1. The molecule has 0 aliphatic heterocycles. The highest BCUT2D eigenvalue weighted by molar-refractivity contribution is 7.98. The van der Waals surface area contributed by atoms with Gasteiger partial charge in [0.15, 0.2) is 0 Å². The molecule has 0 atom stereocenters. The summed E-state index contributed by atoms with van der Waals surface area (Å²) in [6.45, 7) is 9.72. The van der Waals surface area contributed by atoms with Crippen molar-refractivity contribution in [3.05, 3.63) is 17.0 Å². The van der Waals surface area contributed by atoms with Crippen LogP contribution in [-0.2, 0) is 11.2 Å². The van der Waals surface area contributed by atoms with Gasteiger partial charge in [-0.3, -0.25) is 4.79 Å². The van der Waals surface area contributed by atoms with Crippen LogP contribution in [0, 0.1) is 19.3 Å². The van der Waals surface area contributed by atoms with E-state index >= 15 is 0 Å². The van der Waals surface area contributed by atoms with Gasteiger partial charge in [-0.15, -0.1) is 5.10 Å². The Balaban J connectivity index is 2.13. The zero-order chi connectivity index (χ0) is 18.8. The fraction of sp³-hybridized carbons (Fsp3) is 0.647. The van der Waals surface area contributed by atoms with Gasteiger partial charge >= 0.3 is 0 Å². The van der Waals surface area contributed by atoms with Gasteiger partial charge < -0.3 is 10.2 Å². The highest BCUT2D eigenvalue weighted by Crippen LogP contribution is 2.18. The van der Waals surface area contributed by atoms with E-state index in [0.717, 1.165) is 23.5 Å². The number of nitrogens with zero attached hydrogens (tertiary/aromatic N) is 5. The molecular formula is C17H28N6OS. The van der Waals surface area contributed by atoms with Crippen molar-refractivity contribution in [1.29, 1.82) is 0 Å². The topological polar surface area (TPSA) is 75.4 Å². The van der Waals surface area contributed by atoms with Crippen molar-refractivity contribution in [2.45, 2.75) is 39.3 Å². The highest BCUT2D eigenvalue weighted by Gasteiger charge is 2.21. The first-order chi connectivity index (χ1) is 11.6. The Hall–Kier alpha value is -1.67. The van der Waals surface area contributed by atoms with Crippen LogP contribution in [0.3, 0.4) is 0 Å². The predicted molar refractivity (Wildman–Crippen MR) is 101 cm³/mol. The Morgan fingerprint density at radius 3 is 2.56 bits per heavy atom. The summed E-state index contributed by atoms with van der Waals surface area (Å²) >= 11 is 1.48. The monoisotopic (exact) mass is 364 g/mol. The number of rotatable bonds is 7. The minimum absolute atomic E-state index is 0.00406. The van der Waals surface area contributed by atoms with Crippen molar-refractivity contribution in [2.24, 2.45) is 5.41 Å². The number of hydrogen-bond donors (Lipinski definition) is 1.